The van der Waals surface area contributed by atoms with E-state index in [-0.39, 0.29) is 0 Å². The molecule has 12 heavy (non-hydrogen) atoms. The Hall–Kier alpha value is -0.120. The molecule has 0 bridgehead atoms. The van der Waals surface area contributed by atoms with E-state index in [4.69, 9.17) is 4.74 Å². The highest BCUT2D eigenvalue weighted by atomic mass is 16.5. The van der Waals surface area contributed by atoms with Crippen LogP contribution in [0.25, 0.3) is 0 Å². The van der Waals surface area contributed by atoms with Crippen LogP contribution < -0.4 is 5.32 Å². The minimum absolute atomic E-state index is 0.646. The van der Waals surface area contributed by atoms with Crippen LogP contribution in [-0.2, 0) is 4.74 Å². The molecule has 1 aliphatic heterocycles. The first-order valence-electron chi connectivity index (χ1n) is 4.80. The summed E-state index contributed by atoms with van der Waals surface area (Å²) in [5.74, 6) is 0.646. The van der Waals surface area contributed by atoms with Crippen LogP contribution in [0.1, 0.15) is 13.8 Å². The van der Waals surface area contributed by atoms with Crippen LogP contribution in [0.3, 0.4) is 0 Å². The van der Waals surface area contributed by atoms with Crippen molar-refractivity contribution in [2.75, 3.05) is 39.5 Å². The molecule has 0 unspecified atom stereocenters. The van der Waals surface area contributed by atoms with Gasteiger partial charge in [0.05, 0.1) is 13.3 Å². The number of nitrogens with one attached hydrogen (secondary N) is 1. The zero-order valence-electron chi connectivity index (χ0n) is 8.18. The molecule has 0 aromatic carbocycles. The Labute approximate surface area is 75.1 Å². The fourth-order valence-corrected chi connectivity index (χ4v) is 1.26. The maximum Gasteiger partial charge on any atom is 0.0991 e. The summed E-state index contributed by atoms with van der Waals surface area (Å²) in [6, 6.07) is 0. The van der Waals surface area contributed by atoms with Gasteiger partial charge in [-0.1, -0.05) is 13.8 Å². The third kappa shape index (κ3) is 4.04. The van der Waals surface area contributed by atoms with Crippen molar-refractivity contribution in [2.45, 2.75) is 13.8 Å². The highest BCUT2D eigenvalue weighted by Gasteiger charge is 2.08. The lowest BCUT2D eigenvalue weighted by molar-refractivity contribution is 0.0107. The third-order valence-electron chi connectivity index (χ3n) is 1.93. The lowest BCUT2D eigenvalue weighted by atomic mass is 10.2. The summed E-state index contributed by atoms with van der Waals surface area (Å²) in [7, 11) is 0. The lowest BCUT2D eigenvalue weighted by Crippen LogP contribution is -2.44. The molecule has 1 fully saturated rings. The second-order valence-corrected chi connectivity index (χ2v) is 3.76. The first kappa shape index (κ1) is 9.96. The van der Waals surface area contributed by atoms with Crippen molar-refractivity contribution in [3.05, 3.63) is 0 Å². The van der Waals surface area contributed by atoms with E-state index in [9.17, 15) is 0 Å². The highest BCUT2D eigenvalue weighted by Crippen LogP contribution is 1.96. The average molecular weight is 172 g/mol. The van der Waals surface area contributed by atoms with E-state index in [1.165, 1.54) is 0 Å². The third-order valence-corrected chi connectivity index (χ3v) is 1.93. The summed E-state index contributed by atoms with van der Waals surface area (Å²) < 4.78 is 5.53. The molecule has 0 aliphatic carbocycles. The molecule has 1 saturated heterocycles. The Morgan fingerprint density at radius 1 is 1.33 bits per heavy atom. The van der Waals surface area contributed by atoms with Gasteiger partial charge >= 0.3 is 0 Å². The van der Waals surface area contributed by atoms with Crippen molar-refractivity contribution >= 4 is 0 Å². The Bertz CT molecular complexity index is 111. The van der Waals surface area contributed by atoms with Crippen LogP contribution in [-0.4, -0.2) is 44.4 Å². The maximum absolute atomic E-state index is 5.53. The zero-order chi connectivity index (χ0) is 8.81. The smallest absolute Gasteiger partial charge is 0.0991 e. The van der Waals surface area contributed by atoms with Crippen molar-refractivity contribution in [1.82, 2.24) is 10.2 Å². The Balaban J connectivity index is 1.98. The van der Waals surface area contributed by atoms with Crippen LogP contribution in [0.5, 0.6) is 0 Å². The predicted molar refractivity (Wildman–Crippen MR) is 50.1 cm³/mol. The second-order valence-electron chi connectivity index (χ2n) is 3.76. The molecule has 1 N–H and O–H groups in total. The van der Waals surface area contributed by atoms with Crippen LogP contribution >= 0.6 is 0 Å². The number of nitrogens with zero attached hydrogens (tertiary/aromatic N) is 1. The molecule has 72 valence electrons. The predicted octanol–water partition coefficient (Wildman–Crippen LogP) is 0.522. The number of ether oxygens (including phenoxy) is 1. The summed E-state index contributed by atoms with van der Waals surface area (Å²) in [6.45, 7) is 10.5. The Morgan fingerprint density at radius 3 is 2.58 bits per heavy atom. The molecular formula is C9H20N2O. The summed E-state index contributed by atoms with van der Waals surface area (Å²) in [6.07, 6.45) is 0. The minimum atomic E-state index is 0.646. The van der Waals surface area contributed by atoms with Gasteiger partial charge in [0.15, 0.2) is 0 Å². The minimum Gasteiger partial charge on any atom is -0.366 e. The summed E-state index contributed by atoms with van der Waals surface area (Å²) in [5.41, 5.74) is 0. The largest absolute Gasteiger partial charge is 0.366 e. The van der Waals surface area contributed by atoms with Gasteiger partial charge in [-0.25, -0.2) is 0 Å². The highest BCUT2D eigenvalue weighted by molar-refractivity contribution is 4.64. The molecular weight excluding hydrogens is 152 g/mol. The van der Waals surface area contributed by atoms with Crippen molar-refractivity contribution in [1.29, 1.82) is 0 Å². The fraction of sp³-hybridized carbons (Fsp3) is 1.00. The lowest BCUT2D eigenvalue weighted by Gasteiger charge is -2.27. The standard InChI is InChI=1S/C9H20N2O/c1-9(2)7-12-8-11-5-3-10-4-6-11/h9-10H,3-8H2,1-2H3. The van der Waals surface area contributed by atoms with Crippen molar-refractivity contribution in [2.24, 2.45) is 5.92 Å². The van der Waals surface area contributed by atoms with Gasteiger partial charge in [-0.05, 0) is 5.92 Å². The number of hydrogen-bond donors (Lipinski definition) is 1. The van der Waals surface area contributed by atoms with E-state index >= 15 is 0 Å². The van der Waals surface area contributed by atoms with Gasteiger partial charge in [0.1, 0.15) is 0 Å². The molecule has 0 saturated carbocycles. The zero-order valence-corrected chi connectivity index (χ0v) is 8.18. The molecule has 0 amide bonds. The average Bonchev–Trinajstić information content (AvgIpc) is 2.05. The van der Waals surface area contributed by atoms with Crippen LogP contribution in [0.15, 0.2) is 0 Å². The second kappa shape index (κ2) is 5.51. The number of rotatable bonds is 4. The van der Waals surface area contributed by atoms with Crippen molar-refractivity contribution in [3.63, 3.8) is 0 Å². The topological polar surface area (TPSA) is 24.5 Å². The van der Waals surface area contributed by atoms with E-state index in [0.717, 1.165) is 39.5 Å². The normalized spacial score (nSPS) is 20.2. The van der Waals surface area contributed by atoms with Crippen LogP contribution in [0, 0.1) is 5.92 Å². The molecule has 1 rings (SSSR count). The summed E-state index contributed by atoms with van der Waals surface area (Å²) >= 11 is 0. The molecule has 3 heteroatoms. The summed E-state index contributed by atoms with van der Waals surface area (Å²) in [5, 5.41) is 3.32. The fourth-order valence-electron chi connectivity index (χ4n) is 1.26. The van der Waals surface area contributed by atoms with Crippen molar-refractivity contribution < 1.29 is 4.74 Å². The molecule has 0 aromatic rings. The van der Waals surface area contributed by atoms with E-state index in [1.807, 2.05) is 0 Å². The quantitative estimate of drug-likeness (QED) is 0.669. The molecule has 0 radical (unpaired) electrons. The van der Waals surface area contributed by atoms with Gasteiger partial charge in [0, 0.05) is 26.2 Å². The SMILES string of the molecule is CC(C)COCN1CCNCC1. The van der Waals surface area contributed by atoms with Gasteiger partial charge in [0.25, 0.3) is 0 Å². The Kier molecular flexibility index (Phi) is 4.58. The van der Waals surface area contributed by atoms with Gasteiger partial charge in [-0.15, -0.1) is 0 Å². The van der Waals surface area contributed by atoms with Gasteiger partial charge in [-0.2, -0.15) is 0 Å². The monoisotopic (exact) mass is 172 g/mol. The molecule has 0 aromatic heterocycles. The first-order valence-corrected chi connectivity index (χ1v) is 4.80. The van der Waals surface area contributed by atoms with E-state index in [2.05, 4.69) is 24.1 Å². The van der Waals surface area contributed by atoms with E-state index < -0.39 is 0 Å². The first-order chi connectivity index (χ1) is 5.79. The molecule has 0 atom stereocenters. The van der Waals surface area contributed by atoms with Gasteiger partial charge in [-0.3, -0.25) is 4.90 Å². The molecule has 1 heterocycles. The van der Waals surface area contributed by atoms with E-state index in [0.29, 0.717) is 5.92 Å². The molecule has 0 spiro atoms. The number of hydrogen-bond acceptors (Lipinski definition) is 3. The van der Waals surface area contributed by atoms with Crippen molar-refractivity contribution in [3.8, 4) is 0 Å². The van der Waals surface area contributed by atoms with Crippen LogP contribution in [0.2, 0.25) is 0 Å². The molecule has 3 nitrogen and oxygen atoms in total. The van der Waals surface area contributed by atoms with Gasteiger partial charge in [0.2, 0.25) is 0 Å². The molecule has 1 aliphatic rings. The van der Waals surface area contributed by atoms with Crippen LogP contribution in [0.4, 0.5) is 0 Å². The van der Waals surface area contributed by atoms with E-state index in [1.54, 1.807) is 0 Å². The van der Waals surface area contributed by atoms with Gasteiger partial charge < -0.3 is 10.1 Å². The Morgan fingerprint density at radius 2 is 2.00 bits per heavy atom. The maximum atomic E-state index is 5.53. The number of piperazine rings is 1. The summed E-state index contributed by atoms with van der Waals surface area (Å²) in [4.78, 5) is 2.35.